The molecule has 2 saturated heterocycles. The average molecular weight is 362 g/mol. The van der Waals surface area contributed by atoms with Crippen molar-refractivity contribution in [2.75, 3.05) is 19.6 Å². The van der Waals surface area contributed by atoms with Crippen molar-refractivity contribution in [2.45, 2.75) is 25.4 Å². The number of halogens is 1. The molecule has 3 N–H and O–H groups in total. The van der Waals surface area contributed by atoms with Crippen LogP contribution < -0.4 is 16.0 Å². The van der Waals surface area contributed by atoms with Gasteiger partial charge in [0.15, 0.2) is 0 Å². The first-order valence-corrected chi connectivity index (χ1v) is 8.84. The summed E-state index contributed by atoms with van der Waals surface area (Å²) in [7, 11) is 0. The Kier molecular flexibility index (Phi) is 4.45. The Balaban J connectivity index is 1.45. The molecule has 0 bridgehead atoms. The van der Waals surface area contributed by atoms with E-state index >= 15 is 0 Å². The van der Waals surface area contributed by atoms with Crippen molar-refractivity contribution in [2.24, 2.45) is 5.41 Å². The first kappa shape index (κ1) is 16.5. The van der Waals surface area contributed by atoms with Crippen molar-refractivity contribution in [3.8, 4) is 11.4 Å². The fraction of sp³-hybridized carbons (Fsp3) is 0.471. The van der Waals surface area contributed by atoms with Crippen LogP contribution >= 0.6 is 11.6 Å². The van der Waals surface area contributed by atoms with Crippen LogP contribution in [0.3, 0.4) is 0 Å². The normalized spacial score (nSPS) is 22.3. The molecular formula is C17H20ClN5O2. The van der Waals surface area contributed by atoms with Crippen molar-refractivity contribution < 1.29 is 9.32 Å². The fourth-order valence-corrected chi connectivity index (χ4v) is 3.90. The second-order valence-corrected chi connectivity index (χ2v) is 7.10. The Bertz CT molecular complexity index is 772. The number of amides is 1. The molecule has 7 nitrogen and oxygen atoms in total. The van der Waals surface area contributed by atoms with Crippen LogP contribution in [0.25, 0.3) is 11.4 Å². The number of rotatable bonds is 4. The number of aromatic nitrogens is 2. The smallest absolute Gasteiger partial charge is 0.240 e. The van der Waals surface area contributed by atoms with Gasteiger partial charge in [0.2, 0.25) is 17.6 Å². The molecule has 1 aromatic heterocycles. The summed E-state index contributed by atoms with van der Waals surface area (Å²) in [5.74, 6) is 1.00. The third-order valence-corrected chi connectivity index (χ3v) is 5.33. The van der Waals surface area contributed by atoms with Gasteiger partial charge in [0.05, 0.1) is 12.6 Å². The molecule has 0 radical (unpaired) electrons. The summed E-state index contributed by atoms with van der Waals surface area (Å²) in [5, 5.41) is 14.3. The molecule has 2 fully saturated rings. The lowest BCUT2D eigenvalue weighted by atomic mass is 9.75. The average Bonchev–Trinajstić information content (AvgIpc) is 3.20. The molecule has 3 heterocycles. The van der Waals surface area contributed by atoms with E-state index in [9.17, 15) is 4.79 Å². The lowest BCUT2D eigenvalue weighted by Gasteiger charge is -2.37. The van der Waals surface area contributed by atoms with Gasteiger partial charge in [0.25, 0.3) is 0 Å². The lowest BCUT2D eigenvalue weighted by Crippen LogP contribution is -2.51. The molecule has 1 atom stereocenters. The van der Waals surface area contributed by atoms with Crippen molar-refractivity contribution in [3.05, 3.63) is 35.2 Å². The largest absolute Gasteiger partial charge is 0.354 e. The van der Waals surface area contributed by atoms with Crippen molar-refractivity contribution in [1.29, 1.82) is 0 Å². The van der Waals surface area contributed by atoms with Gasteiger partial charge in [0.1, 0.15) is 0 Å². The Morgan fingerprint density at radius 1 is 1.36 bits per heavy atom. The van der Waals surface area contributed by atoms with E-state index in [-0.39, 0.29) is 17.4 Å². The van der Waals surface area contributed by atoms with Gasteiger partial charge in [-0.1, -0.05) is 28.9 Å². The third kappa shape index (κ3) is 3.27. The summed E-state index contributed by atoms with van der Waals surface area (Å²) in [6.07, 6.45) is 1.95. The van der Waals surface area contributed by atoms with Gasteiger partial charge in [-0.2, -0.15) is 4.98 Å². The highest BCUT2D eigenvalue weighted by Crippen LogP contribution is 2.36. The third-order valence-electron chi connectivity index (χ3n) is 5.10. The Morgan fingerprint density at radius 2 is 2.20 bits per heavy atom. The molecule has 2 aliphatic rings. The molecule has 1 unspecified atom stereocenters. The molecule has 132 valence electrons. The minimum Gasteiger partial charge on any atom is -0.354 e. The predicted molar refractivity (Wildman–Crippen MR) is 92.9 cm³/mol. The number of benzene rings is 1. The second kappa shape index (κ2) is 6.74. The van der Waals surface area contributed by atoms with Crippen LogP contribution in [0.15, 0.2) is 28.8 Å². The molecule has 0 saturated carbocycles. The molecule has 4 rings (SSSR count). The van der Waals surface area contributed by atoms with E-state index in [0.29, 0.717) is 23.3 Å². The van der Waals surface area contributed by atoms with Crippen LogP contribution in [0.4, 0.5) is 0 Å². The highest BCUT2D eigenvalue weighted by molar-refractivity contribution is 6.30. The van der Waals surface area contributed by atoms with Crippen LogP contribution in [0.2, 0.25) is 5.02 Å². The molecule has 25 heavy (non-hydrogen) atoms. The molecule has 2 aromatic rings. The van der Waals surface area contributed by atoms with Gasteiger partial charge in [-0.15, -0.1) is 0 Å². The summed E-state index contributed by atoms with van der Waals surface area (Å²) in [6, 6.07) is 7.08. The minimum atomic E-state index is -0.226. The molecule has 0 aliphatic carbocycles. The maximum atomic E-state index is 12.3. The van der Waals surface area contributed by atoms with Crippen LogP contribution in [0, 0.1) is 5.41 Å². The highest BCUT2D eigenvalue weighted by Gasteiger charge is 2.48. The number of piperidine rings is 1. The van der Waals surface area contributed by atoms with E-state index in [1.807, 2.05) is 12.1 Å². The first-order chi connectivity index (χ1) is 12.2. The van der Waals surface area contributed by atoms with Gasteiger partial charge < -0.3 is 15.2 Å². The lowest BCUT2D eigenvalue weighted by molar-refractivity contribution is -0.122. The quantitative estimate of drug-likeness (QED) is 0.761. The van der Waals surface area contributed by atoms with Gasteiger partial charge >= 0.3 is 0 Å². The molecule has 8 heteroatoms. The van der Waals surface area contributed by atoms with E-state index in [2.05, 4.69) is 26.1 Å². The summed E-state index contributed by atoms with van der Waals surface area (Å²) in [4.78, 5) is 16.7. The molecular weight excluding hydrogens is 342 g/mol. The van der Waals surface area contributed by atoms with Gasteiger partial charge in [-0.3, -0.25) is 10.1 Å². The topological polar surface area (TPSA) is 92.1 Å². The molecule has 1 aromatic carbocycles. The summed E-state index contributed by atoms with van der Waals surface area (Å²) in [5.41, 5.74) is 0.772. The Morgan fingerprint density at radius 3 is 3.00 bits per heavy atom. The number of nitrogens with zero attached hydrogens (tertiary/aromatic N) is 2. The Hall–Kier alpha value is -1.96. The maximum absolute atomic E-state index is 12.3. The number of carbonyl (C=O) groups is 1. The zero-order valence-electron chi connectivity index (χ0n) is 13.7. The fourth-order valence-electron chi connectivity index (χ4n) is 3.71. The van der Waals surface area contributed by atoms with E-state index in [4.69, 9.17) is 16.1 Å². The van der Waals surface area contributed by atoms with E-state index in [1.54, 1.807) is 12.1 Å². The minimum absolute atomic E-state index is 0.0296. The summed E-state index contributed by atoms with van der Waals surface area (Å²) >= 11 is 6.00. The van der Waals surface area contributed by atoms with Crippen LogP contribution in [0.5, 0.6) is 0 Å². The summed E-state index contributed by atoms with van der Waals surface area (Å²) in [6.45, 7) is 2.96. The van der Waals surface area contributed by atoms with Crippen molar-refractivity contribution >= 4 is 17.5 Å². The monoisotopic (exact) mass is 361 g/mol. The van der Waals surface area contributed by atoms with Gasteiger partial charge in [-0.25, -0.2) is 0 Å². The van der Waals surface area contributed by atoms with E-state index < -0.39 is 0 Å². The summed E-state index contributed by atoms with van der Waals surface area (Å²) < 4.78 is 5.32. The maximum Gasteiger partial charge on any atom is 0.240 e. The predicted octanol–water partition coefficient (Wildman–Crippen LogP) is 1.35. The molecule has 1 spiro atoms. The second-order valence-electron chi connectivity index (χ2n) is 6.67. The van der Waals surface area contributed by atoms with Crippen molar-refractivity contribution in [1.82, 2.24) is 26.1 Å². The Labute approximate surface area is 150 Å². The van der Waals surface area contributed by atoms with Crippen LogP contribution in [0.1, 0.15) is 18.7 Å². The number of hydrogen-bond acceptors (Lipinski definition) is 6. The highest BCUT2D eigenvalue weighted by atomic mass is 35.5. The number of carbonyl (C=O) groups excluding carboxylic acids is 1. The first-order valence-electron chi connectivity index (χ1n) is 8.47. The zero-order chi connectivity index (χ0) is 17.3. The van der Waals surface area contributed by atoms with E-state index in [1.165, 1.54) is 0 Å². The van der Waals surface area contributed by atoms with Crippen LogP contribution in [-0.4, -0.2) is 41.7 Å². The molecule has 2 aliphatic heterocycles. The van der Waals surface area contributed by atoms with Gasteiger partial charge in [0, 0.05) is 22.5 Å². The van der Waals surface area contributed by atoms with Crippen LogP contribution in [-0.2, 0) is 11.3 Å². The zero-order valence-corrected chi connectivity index (χ0v) is 14.5. The number of nitrogens with one attached hydrogen (secondary N) is 3. The van der Waals surface area contributed by atoms with Crippen molar-refractivity contribution in [3.63, 3.8) is 0 Å². The van der Waals surface area contributed by atoms with E-state index in [0.717, 1.165) is 38.0 Å². The number of hydrogen-bond donors (Lipinski definition) is 3. The SMILES string of the molecule is O=C1NCC2(CCNCC2)C1NCc1nc(-c2cccc(Cl)c2)no1. The van der Waals surface area contributed by atoms with Gasteiger partial charge in [-0.05, 0) is 38.1 Å². The standard InChI is InChI=1S/C17H20ClN5O2/c18-12-3-1-2-11(8-12)15-22-13(25-23-15)9-20-14-16(24)21-10-17(14)4-6-19-7-5-17/h1-3,8,14,19-20H,4-7,9-10H2,(H,21,24). The molecule has 1 amide bonds.